The lowest BCUT2D eigenvalue weighted by atomic mass is 9.71. The van der Waals surface area contributed by atoms with Crippen LogP contribution in [0.3, 0.4) is 0 Å². The van der Waals surface area contributed by atoms with Crippen LogP contribution in [0.25, 0.3) is 0 Å². The van der Waals surface area contributed by atoms with Crippen LogP contribution in [0, 0.1) is 11.7 Å². The number of aromatic nitrogens is 1. The summed E-state index contributed by atoms with van der Waals surface area (Å²) in [5, 5.41) is 23.9. The van der Waals surface area contributed by atoms with E-state index in [0.29, 0.717) is 11.1 Å². The van der Waals surface area contributed by atoms with Crippen LogP contribution in [0.2, 0.25) is 5.02 Å². The monoisotopic (exact) mass is 455 g/mol. The van der Waals surface area contributed by atoms with Crippen LogP contribution >= 0.6 is 11.6 Å². The van der Waals surface area contributed by atoms with Crippen LogP contribution in [0.15, 0.2) is 66.9 Å². The van der Waals surface area contributed by atoms with Crippen molar-refractivity contribution in [3.05, 3.63) is 94.5 Å². The maximum Gasteiger partial charge on any atom is 0.312 e. The fraction of sp³-hybridized carbons (Fsp3) is 0.250. The fourth-order valence-electron chi connectivity index (χ4n) is 5.23. The molecule has 2 aromatic carbocycles. The molecule has 2 N–H and O–H groups in total. The third-order valence-electron chi connectivity index (χ3n) is 6.49. The number of carbonyl (C=O) groups is 1. The molecule has 1 aliphatic carbocycles. The number of ether oxygens (including phenoxy) is 2. The van der Waals surface area contributed by atoms with E-state index in [1.165, 1.54) is 43.6 Å². The second-order valence-corrected chi connectivity index (χ2v) is 8.43. The maximum atomic E-state index is 13.8. The molecule has 0 amide bonds. The van der Waals surface area contributed by atoms with Gasteiger partial charge < -0.3 is 19.7 Å². The van der Waals surface area contributed by atoms with E-state index in [9.17, 15) is 19.4 Å². The molecule has 1 fully saturated rings. The van der Waals surface area contributed by atoms with Gasteiger partial charge in [0, 0.05) is 18.2 Å². The summed E-state index contributed by atoms with van der Waals surface area (Å²) in [5.74, 6) is -3.11. The molecule has 2 heterocycles. The van der Waals surface area contributed by atoms with Gasteiger partial charge in [0.2, 0.25) is 0 Å². The van der Waals surface area contributed by atoms with Crippen LogP contribution in [0.1, 0.15) is 22.7 Å². The highest BCUT2D eigenvalue weighted by molar-refractivity contribution is 6.30. The molecule has 1 unspecified atom stereocenters. The van der Waals surface area contributed by atoms with Crippen molar-refractivity contribution >= 4 is 17.6 Å². The number of pyridine rings is 1. The van der Waals surface area contributed by atoms with Crippen molar-refractivity contribution in [3.8, 4) is 5.75 Å². The Bertz CT molecular complexity index is 1190. The Morgan fingerprint density at radius 3 is 2.53 bits per heavy atom. The van der Waals surface area contributed by atoms with Crippen molar-refractivity contribution in [2.75, 3.05) is 7.11 Å². The number of aliphatic hydroxyl groups is 2. The molecule has 32 heavy (non-hydrogen) atoms. The minimum Gasteiger partial charge on any atom is -0.476 e. The highest BCUT2D eigenvalue weighted by Gasteiger charge is 2.78. The fourth-order valence-corrected chi connectivity index (χ4v) is 5.37. The van der Waals surface area contributed by atoms with Crippen LogP contribution in [-0.4, -0.2) is 34.4 Å². The van der Waals surface area contributed by atoms with Crippen molar-refractivity contribution < 1.29 is 28.9 Å². The van der Waals surface area contributed by atoms with Gasteiger partial charge in [-0.3, -0.25) is 9.78 Å². The molecule has 8 heteroatoms. The van der Waals surface area contributed by atoms with E-state index in [4.69, 9.17) is 21.1 Å². The summed E-state index contributed by atoms with van der Waals surface area (Å²) in [6.07, 6.45) is -0.307. The molecule has 1 saturated carbocycles. The smallest absolute Gasteiger partial charge is 0.312 e. The number of fused-ring (bicyclic) bond motifs is 3. The van der Waals surface area contributed by atoms with Gasteiger partial charge in [-0.25, -0.2) is 4.39 Å². The van der Waals surface area contributed by atoms with E-state index in [1.54, 1.807) is 24.3 Å². The molecule has 6 nitrogen and oxygen atoms in total. The van der Waals surface area contributed by atoms with Crippen molar-refractivity contribution in [3.63, 3.8) is 0 Å². The largest absolute Gasteiger partial charge is 0.476 e. The quantitative estimate of drug-likeness (QED) is 0.589. The number of aliphatic hydroxyl groups excluding tert-OH is 1. The van der Waals surface area contributed by atoms with Gasteiger partial charge in [-0.15, -0.1) is 0 Å². The normalized spacial score (nSPS) is 30.3. The molecule has 164 valence electrons. The van der Waals surface area contributed by atoms with Crippen LogP contribution in [0.4, 0.5) is 4.39 Å². The number of esters is 1. The Hall–Kier alpha value is -3.00. The Morgan fingerprint density at radius 1 is 1.19 bits per heavy atom. The zero-order chi connectivity index (χ0) is 22.7. The third-order valence-corrected chi connectivity index (χ3v) is 6.69. The SMILES string of the molecule is COC(=O)[C@H]1[C@@H](O)C2(O)c3ncc(Cl)cc3O[C@@]2(c2ccc(F)cc2)[C@@H]1c1ccccc1. The summed E-state index contributed by atoms with van der Waals surface area (Å²) in [6.45, 7) is 0. The number of rotatable bonds is 3. The molecular formula is C24H19ClFNO5. The highest BCUT2D eigenvalue weighted by Crippen LogP contribution is 2.68. The lowest BCUT2D eigenvalue weighted by molar-refractivity contribution is -0.162. The van der Waals surface area contributed by atoms with Gasteiger partial charge in [0.05, 0.1) is 18.1 Å². The summed E-state index contributed by atoms with van der Waals surface area (Å²) in [7, 11) is 1.21. The van der Waals surface area contributed by atoms with E-state index >= 15 is 0 Å². The molecule has 1 aromatic heterocycles. The minimum atomic E-state index is -2.15. The molecule has 5 atom stereocenters. The van der Waals surface area contributed by atoms with Gasteiger partial charge in [-0.05, 0) is 23.3 Å². The molecule has 0 spiro atoms. The predicted octanol–water partition coefficient (Wildman–Crippen LogP) is 3.30. The summed E-state index contributed by atoms with van der Waals surface area (Å²) in [4.78, 5) is 17.2. The molecule has 0 bridgehead atoms. The van der Waals surface area contributed by atoms with Gasteiger partial charge in [0.25, 0.3) is 0 Å². The number of carbonyl (C=O) groups excluding carboxylic acids is 1. The molecule has 1 aliphatic heterocycles. The molecular weight excluding hydrogens is 437 g/mol. The zero-order valence-electron chi connectivity index (χ0n) is 16.9. The minimum absolute atomic E-state index is 0.0473. The first-order chi connectivity index (χ1) is 15.3. The van der Waals surface area contributed by atoms with Gasteiger partial charge in [-0.1, -0.05) is 54.1 Å². The number of hydrogen-bond acceptors (Lipinski definition) is 6. The van der Waals surface area contributed by atoms with Crippen molar-refractivity contribution in [1.29, 1.82) is 0 Å². The van der Waals surface area contributed by atoms with Gasteiger partial charge in [0.1, 0.15) is 23.4 Å². The Morgan fingerprint density at radius 2 is 1.88 bits per heavy atom. The van der Waals surface area contributed by atoms with Crippen LogP contribution < -0.4 is 4.74 Å². The average Bonchev–Trinajstić information content (AvgIpc) is 3.17. The lowest BCUT2D eigenvalue weighted by Gasteiger charge is -2.40. The first-order valence-electron chi connectivity index (χ1n) is 9.99. The average molecular weight is 456 g/mol. The standard InChI is InChI=1S/C24H19ClFNO5/c1-31-22(29)18-19(13-5-3-2-4-6-13)24(14-7-9-16(26)10-8-14)23(30,21(18)28)20-17(32-24)11-15(25)12-27-20/h2-12,18-19,21,28,30H,1H3/t18-,19-,21-,23?,24+/m1/s1. The predicted molar refractivity (Wildman–Crippen MR) is 113 cm³/mol. The Balaban J connectivity index is 1.87. The number of nitrogens with zero attached hydrogens (tertiary/aromatic N) is 1. The zero-order valence-corrected chi connectivity index (χ0v) is 17.7. The van der Waals surface area contributed by atoms with E-state index in [1.807, 2.05) is 6.07 Å². The second kappa shape index (κ2) is 7.27. The first kappa shape index (κ1) is 20.9. The number of methoxy groups -OCH3 is 1. The summed E-state index contributed by atoms with van der Waals surface area (Å²) < 4.78 is 25.2. The Kier molecular flexibility index (Phi) is 4.74. The highest BCUT2D eigenvalue weighted by atomic mass is 35.5. The lowest BCUT2D eigenvalue weighted by Crippen LogP contribution is -2.52. The molecule has 5 rings (SSSR count). The molecule has 3 aromatic rings. The molecule has 0 saturated heterocycles. The molecule has 2 aliphatic rings. The Labute approximate surface area is 188 Å². The molecule has 0 radical (unpaired) electrons. The van der Waals surface area contributed by atoms with Crippen molar-refractivity contribution in [1.82, 2.24) is 4.98 Å². The van der Waals surface area contributed by atoms with Gasteiger partial charge >= 0.3 is 5.97 Å². The van der Waals surface area contributed by atoms with Crippen molar-refractivity contribution in [2.45, 2.75) is 23.2 Å². The van der Waals surface area contributed by atoms with E-state index < -0.39 is 40.9 Å². The topological polar surface area (TPSA) is 88.9 Å². The van der Waals surface area contributed by atoms with E-state index in [2.05, 4.69) is 4.98 Å². The first-order valence-corrected chi connectivity index (χ1v) is 10.4. The van der Waals surface area contributed by atoms with Gasteiger partial charge in [-0.2, -0.15) is 0 Å². The van der Waals surface area contributed by atoms with Gasteiger partial charge in [0.15, 0.2) is 11.2 Å². The van der Waals surface area contributed by atoms with Crippen molar-refractivity contribution in [2.24, 2.45) is 5.92 Å². The number of benzene rings is 2. The number of halogens is 2. The summed E-state index contributed by atoms with van der Waals surface area (Å²) in [6, 6.07) is 15.8. The summed E-state index contributed by atoms with van der Waals surface area (Å²) in [5.41, 5.74) is -2.81. The summed E-state index contributed by atoms with van der Waals surface area (Å²) >= 11 is 6.12. The number of hydrogen-bond donors (Lipinski definition) is 2. The van der Waals surface area contributed by atoms with Crippen LogP contribution in [0.5, 0.6) is 5.75 Å². The van der Waals surface area contributed by atoms with Crippen LogP contribution in [-0.2, 0) is 20.7 Å². The van der Waals surface area contributed by atoms with E-state index in [0.717, 1.165) is 0 Å². The maximum absolute atomic E-state index is 13.8. The second-order valence-electron chi connectivity index (χ2n) is 7.99. The third kappa shape index (κ3) is 2.59. The van der Waals surface area contributed by atoms with E-state index in [-0.39, 0.29) is 16.5 Å².